The van der Waals surface area contributed by atoms with E-state index in [1.807, 2.05) is 0 Å². The lowest BCUT2D eigenvalue weighted by atomic mass is 10.1. The van der Waals surface area contributed by atoms with E-state index in [9.17, 15) is 18.0 Å². The van der Waals surface area contributed by atoms with E-state index in [2.05, 4.69) is 4.74 Å². The number of methoxy groups -OCH3 is 1. The van der Waals surface area contributed by atoms with Gasteiger partial charge in [0.1, 0.15) is 11.8 Å². The third-order valence-corrected chi connectivity index (χ3v) is 2.14. The van der Waals surface area contributed by atoms with Gasteiger partial charge in [0.05, 0.1) is 7.11 Å². The number of carbonyl (C=O) groups excluding carboxylic acids is 1. The molecule has 7 heteroatoms. The molecule has 100 valence electrons. The summed E-state index contributed by atoms with van der Waals surface area (Å²) in [5, 5.41) is 0. The maximum Gasteiger partial charge on any atom is 0.407 e. The average molecular weight is 263 g/mol. The SMILES string of the molecule is COC(=O)[C@H](Oc1ccccc1)[C@@H](N)C(F)(F)F. The number of hydrogen-bond donors (Lipinski definition) is 1. The maximum absolute atomic E-state index is 12.5. The highest BCUT2D eigenvalue weighted by atomic mass is 19.4. The van der Waals surface area contributed by atoms with E-state index >= 15 is 0 Å². The van der Waals surface area contributed by atoms with Crippen LogP contribution in [0.3, 0.4) is 0 Å². The zero-order chi connectivity index (χ0) is 13.8. The second kappa shape index (κ2) is 5.72. The van der Waals surface area contributed by atoms with Crippen LogP contribution in [0.4, 0.5) is 13.2 Å². The molecule has 2 atom stereocenters. The van der Waals surface area contributed by atoms with Crippen LogP contribution in [0.25, 0.3) is 0 Å². The lowest BCUT2D eigenvalue weighted by Crippen LogP contribution is -2.53. The minimum absolute atomic E-state index is 0.104. The molecule has 1 aromatic carbocycles. The molecule has 0 unspecified atom stereocenters. The fourth-order valence-electron chi connectivity index (χ4n) is 1.20. The summed E-state index contributed by atoms with van der Waals surface area (Å²) in [7, 11) is 0.965. The number of ether oxygens (including phenoxy) is 2. The van der Waals surface area contributed by atoms with Gasteiger partial charge in [-0.05, 0) is 12.1 Å². The number of nitrogens with two attached hydrogens (primary N) is 1. The van der Waals surface area contributed by atoms with Crippen LogP contribution in [0, 0.1) is 0 Å². The van der Waals surface area contributed by atoms with Crippen molar-refractivity contribution in [2.75, 3.05) is 7.11 Å². The van der Waals surface area contributed by atoms with Crippen LogP contribution in [0.2, 0.25) is 0 Å². The van der Waals surface area contributed by atoms with Crippen LogP contribution >= 0.6 is 0 Å². The summed E-state index contributed by atoms with van der Waals surface area (Å²) in [5.74, 6) is -1.07. The van der Waals surface area contributed by atoms with Crippen molar-refractivity contribution < 1.29 is 27.4 Å². The number of benzene rings is 1. The summed E-state index contributed by atoms with van der Waals surface area (Å²) in [6.45, 7) is 0. The molecule has 0 radical (unpaired) electrons. The molecule has 18 heavy (non-hydrogen) atoms. The molecular formula is C11H12F3NO3. The minimum Gasteiger partial charge on any atom is -0.477 e. The predicted molar refractivity (Wildman–Crippen MR) is 56.9 cm³/mol. The van der Waals surface area contributed by atoms with Gasteiger partial charge in [0, 0.05) is 0 Å². The van der Waals surface area contributed by atoms with Gasteiger partial charge >= 0.3 is 12.1 Å². The summed E-state index contributed by atoms with van der Waals surface area (Å²) in [5.41, 5.74) is 4.97. The molecule has 0 saturated heterocycles. The van der Waals surface area contributed by atoms with Crippen molar-refractivity contribution in [3.8, 4) is 5.75 Å². The Bertz CT molecular complexity index is 394. The van der Waals surface area contributed by atoms with Crippen molar-refractivity contribution in [2.24, 2.45) is 5.73 Å². The molecule has 0 fully saturated rings. The van der Waals surface area contributed by atoms with Gasteiger partial charge < -0.3 is 15.2 Å². The Balaban J connectivity index is 2.90. The molecule has 0 amide bonds. The Kier molecular flexibility index (Phi) is 4.55. The first kappa shape index (κ1) is 14.3. The fourth-order valence-corrected chi connectivity index (χ4v) is 1.20. The van der Waals surface area contributed by atoms with Crippen LogP contribution in [0.1, 0.15) is 0 Å². The molecule has 0 aliphatic rings. The second-order valence-corrected chi connectivity index (χ2v) is 3.44. The Morgan fingerprint density at radius 2 is 1.83 bits per heavy atom. The number of alkyl halides is 3. The molecule has 0 aliphatic heterocycles. The van der Waals surface area contributed by atoms with Gasteiger partial charge in [-0.3, -0.25) is 0 Å². The molecule has 2 N–H and O–H groups in total. The third-order valence-electron chi connectivity index (χ3n) is 2.14. The number of esters is 1. The van der Waals surface area contributed by atoms with Gasteiger partial charge in [-0.2, -0.15) is 13.2 Å². The van der Waals surface area contributed by atoms with Gasteiger partial charge in [-0.1, -0.05) is 18.2 Å². The molecule has 0 bridgehead atoms. The largest absolute Gasteiger partial charge is 0.477 e. The number of halogens is 3. The molecule has 0 aromatic heterocycles. The molecule has 1 aromatic rings. The van der Waals surface area contributed by atoms with Gasteiger partial charge in [-0.15, -0.1) is 0 Å². The molecule has 4 nitrogen and oxygen atoms in total. The van der Waals surface area contributed by atoms with E-state index in [1.165, 1.54) is 12.1 Å². The van der Waals surface area contributed by atoms with E-state index < -0.39 is 24.3 Å². The highest BCUT2D eigenvalue weighted by Crippen LogP contribution is 2.24. The second-order valence-electron chi connectivity index (χ2n) is 3.44. The highest BCUT2D eigenvalue weighted by Gasteiger charge is 2.47. The van der Waals surface area contributed by atoms with Crippen molar-refractivity contribution in [1.82, 2.24) is 0 Å². The van der Waals surface area contributed by atoms with Crippen LogP contribution < -0.4 is 10.5 Å². The Morgan fingerprint density at radius 1 is 1.28 bits per heavy atom. The summed E-state index contributed by atoms with van der Waals surface area (Å²) in [6.07, 6.45) is -6.69. The summed E-state index contributed by atoms with van der Waals surface area (Å²) in [6, 6.07) is 5.15. The lowest BCUT2D eigenvalue weighted by Gasteiger charge is -2.24. The first-order chi connectivity index (χ1) is 8.36. The molecular weight excluding hydrogens is 251 g/mol. The van der Waals surface area contributed by atoms with Crippen LogP contribution in [-0.4, -0.2) is 31.4 Å². The molecule has 0 spiro atoms. The van der Waals surface area contributed by atoms with Crippen molar-refractivity contribution in [3.63, 3.8) is 0 Å². The van der Waals surface area contributed by atoms with Gasteiger partial charge in [0.25, 0.3) is 0 Å². The fraction of sp³-hybridized carbons (Fsp3) is 0.364. The van der Waals surface area contributed by atoms with Crippen LogP contribution in [0.15, 0.2) is 30.3 Å². The normalized spacial score (nSPS) is 14.7. The van der Waals surface area contributed by atoms with Crippen molar-refractivity contribution in [3.05, 3.63) is 30.3 Å². The maximum atomic E-state index is 12.5. The lowest BCUT2D eigenvalue weighted by molar-refractivity contribution is -0.181. The smallest absolute Gasteiger partial charge is 0.407 e. The quantitative estimate of drug-likeness (QED) is 0.836. The van der Waals surface area contributed by atoms with Gasteiger partial charge in [0.15, 0.2) is 0 Å². The van der Waals surface area contributed by atoms with Crippen LogP contribution in [-0.2, 0) is 9.53 Å². The highest BCUT2D eigenvalue weighted by molar-refractivity contribution is 5.76. The predicted octanol–water partition coefficient (Wildman–Crippen LogP) is 1.50. The zero-order valence-corrected chi connectivity index (χ0v) is 9.48. The number of para-hydroxylation sites is 1. The molecule has 1 rings (SSSR count). The van der Waals surface area contributed by atoms with Crippen molar-refractivity contribution >= 4 is 5.97 Å². The number of hydrogen-bond acceptors (Lipinski definition) is 4. The Morgan fingerprint density at radius 3 is 2.28 bits per heavy atom. The number of rotatable bonds is 4. The van der Waals surface area contributed by atoms with E-state index in [-0.39, 0.29) is 5.75 Å². The topological polar surface area (TPSA) is 61.5 Å². The summed E-state index contributed by atoms with van der Waals surface area (Å²) >= 11 is 0. The first-order valence-corrected chi connectivity index (χ1v) is 4.98. The summed E-state index contributed by atoms with van der Waals surface area (Å²) in [4.78, 5) is 11.3. The van der Waals surface area contributed by atoms with E-state index in [4.69, 9.17) is 10.5 Å². The first-order valence-electron chi connectivity index (χ1n) is 4.98. The zero-order valence-electron chi connectivity index (χ0n) is 9.48. The Hall–Kier alpha value is -1.76. The monoisotopic (exact) mass is 263 g/mol. The van der Waals surface area contributed by atoms with Gasteiger partial charge in [-0.25, -0.2) is 4.79 Å². The van der Waals surface area contributed by atoms with E-state index in [1.54, 1.807) is 18.2 Å². The molecule has 0 saturated carbocycles. The van der Waals surface area contributed by atoms with Crippen molar-refractivity contribution in [2.45, 2.75) is 18.3 Å². The number of carbonyl (C=O) groups is 1. The van der Waals surface area contributed by atoms with Gasteiger partial charge in [0.2, 0.25) is 6.10 Å². The average Bonchev–Trinajstić information content (AvgIpc) is 2.34. The van der Waals surface area contributed by atoms with E-state index in [0.717, 1.165) is 7.11 Å². The molecule has 0 aliphatic carbocycles. The van der Waals surface area contributed by atoms with E-state index in [0.29, 0.717) is 0 Å². The molecule has 0 heterocycles. The third kappa shape index (κ3) is 3.63. The summed E-state index contributed by atoms with van der Waals surface area (Å²) < 4.78 is 46.7. The van der Waals surface area contributed by atoms with Crippen molar-refractivity contribution in [1.29, 1.82) is 0 Å². The Labute approximate surface area is 101 Å². The standard InChI is InChI=1S/C11H12F3NO3/c1-17-10(16)8(9(15)11(12,13)14)18-7-5-3-2-4-6-7/h2-6,8-9H,15H2,1H3/t8-,9-/m1/s1. The van der Waals surface area contributed by atoms with Crippen LogP contribution in [0.5, 0.6) is 5.75 Å². The minimum atomic E-state index is -4.76.